The van der Waals surface area contributed by atoms with Crippen molar-refractivity contribution in [1.29, 1.82) is 0 Å². The average molecular weight is 211 g/mol. The molecule has 1 aliphatic heterocycles. The van der Waals surface area contributed by atoms with Crippen LogP contribution in [-0.2, 0) is 0 Å². The molecule has 0 N–H and O–H groups in total. The fraction of sp³-hybridized carbons (Fsp3) is 1.00. The molecule has 1 rings (SSSR count). The molecule has 1 fully saturated rings. The van der Waals surface area contributed by atoms with Crippen molar-refractivity contribution in [2.45, 2.75) is 72.3 Å². The Balaban J connectivity index is 2.43. The van der Waals surface area contributed by atoms with Crippen molar-refractivity contribution < 1.29 is 0 Å². The smallest absolute Gasteiger partial charge is 0.00385 e. The summed E-state index contributed by atoms with van der Waals surface area (Å²) in [6.07, 6.45) is 8.46. The highest BCUT2D eigenvalue weighted by atomic mass is 15.1. The van der Waals surface area contributed by atoms with Crippen LogP contribution in [0.2, 0.25) is 0 Å². The van der Waals surface area contributed by atoms with Gasteiger partial charge in [-0.15, -0.1) is 0 Å². The lowest BCUT2D eigenvalue weighted by atomic mass is 9.78. The molecule has 1 aliphatic rings. The van der Waals surface area contributed by atoms with Crippen LogP contribution in [0.25, 0.3) is 0 Å². The molecule has 1 nitrogen and oxygen atoms in total. The predicted octanol–water partition coefficient (Wildman–Crippen LogP) is 4.08. The van der Waals surface area contributed by atoms with E-state index < -0.39 is 0 Å². The van der Waals surface area contributed by atoms with E-state index in [2.05, 4.69) is 32.6 Å². The van der Waals surface area contributed by atoms with Crippen LogP contribution >= 0.6 is 0 Å². The van der Waals surface area contributed by atoms with Crippen LogP contribution in [0.15, 0.2) is 0 Å². The molecule has 0 aromatic heterocycles. The van der Waals surface area contributed by atoms with Gasteiger partial charge >= 0.3 is 0 Å². The van der Waals surface area contributed by atoms with Gasteiger partial charge in [-0.25, -0.2) is 0 Å². The molecule has 0 aromatic carbocycles. The molecule has 0 amide bonds. The maximum atomic E-state index is 2.65. The highest BCUT2D eigenvalue weighted by Crippen LogP contribution is 2.36. The summed E-state index contributed by atoms with van der Waals surface area (Å²) in [7, 11) is 0. The van der Waals surface area contributed by atoms with E-state index in [0.717, 1.165) is 6.04 Å². The van der Waals surface area contributed by atoms with Crippen LogP contribution in [0.3, 0.4) is 0 Å². The van der Waals surface area contributed by atoms with Crippen molar-refractivity contribution in [2.24, 2.45) is 5.41 Å². The fourth-order valence-corrected chi connectivity index (χ4v) is 2.73. The van der Waals surface area contributed by atoms with Crippen molar-refractivity contribution in [1.82, 2.24) is 4.90 Å². The fourth-order valence-electron chi connectivity index (χ4n) is 2.73. The summed E-state index contributed by atoms with van der Waals surface area (Å²) >= 11 is 0. The van der Waals surface area contributed by atoms with Crippen LogP contribution in [0.4, 0.5) is 0 Å². The van der Waals surface area contributed by atoms with Gasteiger partial charge in [0.2, 0.25) is 0 Å². The summed E-state index contributed by atoms with van der Waals surface area (Å²) in [5.41, 5.74) is 0.639. The monoisotopic (exact) mass is 211 g/mol. The molecule has 0 radical (unpaired) electrons. The molecule has 1 heterocycles. The van der Waals surface area contributed by atoms with Gasteiger partial charge < -0.3 is 4.90 Å². The molecule has 0 saturated carbocycles. The molecule has 1 unspecified atom stereocenters. The summed E-state index contributed by atoms with van der Waals surface area (Å²) in [5.74, 6) is 0. The van der Waals surface area contributed by atoms with Crippen molar-refractivity contribution in [2.75, 3.05) is 13.1 Å². The maximum Gasteiger partial charge on any atom is 0.00385 e. The molecule has 1 heteroatoms. The van der Waals surface area contributed by atoms with Crippen LogP contribution in [0.1, 0.15) is 66.2 Å². The van der Waals surface area contributed by atoms with E-state index in [4.69, 9.17) is 0 Å². The van der Waals surface area contributed by atoms with Crippen molar-refractivity contribution in [3.63, 3.8) is 0 Å². The topological polar surface area (TPSA) is 3.24 Å². The molecule has 0 aliphatic carbocycles. The molecule has 0 bridgehead atoms. The third-order valence-corrected chi connectivity index (χ3v) is 4.09. The number of nitrogens with zero attached hydrogens (tertiary/aromatic N) is 1. The van der Waals surface area contributed by atoms with Gasteiger partial charge in [-0.3, -0.25) is 0 Å². The zero-order valence-corrected chi connectivity index (χ0v) is 11.2. The highest BCUT2D eigenvalue weighted by Gasteiger charge is 2.27. The number of rotatable bonds is 4. The second kappa shape index (κ2) is 5.89. The molecule has 0 aromatic rings. The van der Waals surface area contributed by atoms with Gasteiger partial charge in [0.25, 0.3) is 0 Å². The van der Waals surface area contributed by atoms with Gasteiger partial charge in [-0.1, -0.05) is 26.7 Å². The van der Waals surface area contributed by atoms with Gasteiger partial charge in [-0.05, 0) is 58.0 Å². The van der Waals surface area contributed by atoms with Gasteiger partial charge in [0.1, 0.15) is 0 Å². The zero-order valence-electron chi connectivity index (χ0n) is 11.2. The Labute approximate surface area is 96.2 Å². The Bertz CT molecular complexity index is 176. The largest absolute Gasteiger partial charge is 0.301 e. The molecule has 0 spiro atoms. The van der Waals surface area contributed by atoms with Crippen LogP contribution in [-0.4, -0.2) is 24.0 Å². The first kappa shape index (κ1) is 13.0. The average Bonchev–Trinajstić information content (AvgIpc) is 2.38. The predicted molar refractivity (Wildman–Crippen MR) is 68.2 cm³/mol. The van der Waals surface area contributed by atoms with E-state index in [9.17, 15) is 0 Å². The minimum absolute atomic E-state index is 0.639. The van der Waals surface area contributed by atoms with E-state index in [-0.39, 0.29) is 0 Å². The molecule has 15 heavy (non-hydrogen) atoms. The number of hydrogen-bond donors (Lipinski definition) is 0. The van der Waals surface area contributed by atoms with Crippen molar-refractivity contribution in [3.8, 4) is 0 Å². The molecule has 1 saturated heterocycles. The SMILES string of the molecule is CCCCC1(C)CCCN(C(C)C)CC1. The van der Waals surface area contributed by atoms with Crippen LogP contribution < -0.4 is 0 Å². The summed E-state index contributed by atoms with van der Waals surface area (Å²) < 4.78 is 0. The lowest BCUT2D eigenvalue weighted by Crippen LogP contribution is -2.32. The molecule has 1 atom stereocenters. The summed E-state index contributed by atoms with van der Waals surface area (Å²) in [4.78, 5) is 2.65. The second-order valence-corrected chi connectivity index (χ2v) is 5.90. The standard InChI is InChI=1S/C14H29N/c1-5-6-8-14(4)9-7-11-15(12-10-14)13(2)3/h13H,5-12H2,1-4H3. The quantitative estimate of drug-likeness (QED) is 0.677. The Hall–Kier alpha value is -0.0400. The number of likely N-dealkylation sites (tertiary alicyclic amines) is 1. The van der Waals surface area contributed by atoms with E-state index in [0.29, 0.717) is 5.41 Å². The lowest BCUT2D eigenvalue weighted by molar-refractivity contribution is 0.205. The van der Waals surface area contributed by atoms with Gasteiger partial charge in [-0.2, -0.15) is 0 Å². The van der Waals surface area contributed by atoms with E-state index in [1.54, 1.807) is 0 Å². The first-order valence-electron chi connectivity index (χ1n) is 6.81. The van der Waals surface area contributed by atoms with Crippen molar-refractivity contribution >= 4 is 0 Å². The van der Waals surface area contributed by atoms with Gasteiger partial charge in [0, 0.05) is 6.04 Å². The highest BCUT2D eigenvalue weighted by molar-refractivity contribution is 4.81. The third kappa shape index (κ3) is 4.14. The van der Waals surface area contributed by atoms with E-state index in [1.807, 2.05) is 0 Å². The van der Waals surface area contributed by atoms with Crippen LogP contribution in [0.5, 0.6) is 0 Å². The van der Waals surface area contributed by atoms with E-state index >= 15 is 0 Å². The van der Waals surface area contributed by atoms with Crippen molar-refractivity contribution in [3.05, 3.63) is 0 Å². The maximum absolute atomic E-state index is 2.65. The van der Waals surface area contributed by atoms with Gasteiger partial charge in [0.05, 0.1) is 0 Å². The first-order chi connectivity index (χ1) is 7.07. The lowest BCUT2D eigenvalue weighted by Gasteiger charge is -2.29. The summed E-state index contributed by atoms with van der Waals surface area (Å²) in [6.45, 7) is 12.1. The molecule has 90 valence electrons. The Morgan fingerprint density at radius 2 is 1.93 bits per heavy atom. The zero-order chi connectivity index (χ0) is 11.3. The van der Waals surface area contributed by atoms with Gasteiger partial charge in [0.15, 0.2) is 0 Å². The second-order valence-electron chi connectivity index (χ2n) is 5.90. The number of hydrogen-bond acceptors (Lipinski definition) is 1. The third-order valence-electron chi connectivity index (χ3n) is 4.09. The minimum atomic E-state index is 0.639. The molecular formula is C14H29N. The Morgan fingerprint density at radius 1 is 1.20 bits per heavy atom. The Kier molecular flexibility index (Phi) is 5.11. The number of unbranched alkanes of at least 4 members (excludes halogenated alkanes) is 1. The summed E-state index contributed by atoms with van der Waals surface area (Å²) in [5, 5.41) is 0. The van der Waals surface area contributed by atoms with Crippen LogP contribution in [0, 0.1) is 5.41 Å². The molecular weight excluding hydrogens is 182 g/mol. The summed E-state index contributed by atoms with van der Waals surface area (Å²) in [6, 6.07) is 0.735. The minimum Gasteiger partial charge on any atom is -0.301 e. The van der Waals surface area contributed by atoms with E-state index in [1.165, 1.54) is 51.6 Å². The Morgan fingerprint density at radius 3 is 2.53 bits per heavy atom. The first-order valence-corrected chi connectivity index (χ1v) is 6.81. The normalized spacial score (nSPS) is 29.4.